The molecule has 3 rings (SSSR count). The Labute approximate surface area is 143 Å². The van der Waals surface area contributed by atoms with Gasteiger partial charge in [0.2, 0.25) is 5.89 Å². The van der Waals surface area contributed by atoms with Crippen LogP contribution >= 0.6 is 0 Å². The zero-order valence-corrected chi connectivity index (χ0v) is 13.5. The minimum absolute atomic E-state index is 0.0432. The van der Waals surface area contributed by atoms with Crippen molar-refractivity contribution in [3.63, 3.8) is 0 Å². The van der Waals surface area contributed by atoms with Crippen molar-refractivity contribution in [1.29, 1.82) is 0 Å². The zero-order valence-electron chi connectivity index (χ0n) is 13.5. The minimum Gasteiger partial charge on any atom is -0.465 e. The Bertz CT molecular complexity index is 909. The van der Waals surface area contributed by atoms with Crippen molar-refractivity contribution in [1.82, 2.24) is 4.98 Å². The molecular weight excluding hydrogens is 322 g/mol. The predicted octanol–water partition coefficient (Wildman–Crippen LogP) is 3.37. The number of fused-ring (bicyclic) bond motifs is 1. The normalized spacial score (nSPS) is 10.9. The molecule has 6 heteroatoms. The molecule has 0 saturated heterocycles. The summed E-state index contributed by atoms with van der Waals surface area (Å²) in [6.45, 7) is 0.0432. The summed E-state index contributed by atoms with van der Waals surface area (Å²) < 4.78 is 15.3. The van der Waals surface area contributed by atoms with Gasteiger partial charge in [-0.1, -0.05) is 24.3 Å². The van der Waals surface area contributed by atoms with E-state index in [0.29, 0.717) is 22.6 Å². The monoisotopic (exact) mass is 337 g/mol. The molecule has 2 aromatic carbocycles. The Morgan fingerprint density at radius 2 is 2.00 bits per heavy atom. The van der Waals surface area contributed by atoms with Gasteiger partial charge in [0.1, 0.15) is 12.1 Å². The highest BCUT2D eigenvalue weighted by molar-refractivity contribution is 5.89. The van der Waals surface area contributed by atoms with E-state index in [4.69, 9.17) is 9.15 Å². The first-order chi connectivity index (χ1) is 12.2. The average molecular weight is 337 g/mol. The summed E-state index contributed by atoms with van der Waals surface area (Å²) in [5.74, 6) is -0.652. The number of aromatic nitrogens is 1. The molecule has 0 unspecified atom stereocenters. The smallest absolute Gasteiger partial charge is 0.337 e. The van der Waals surface area contributed by atoms with Crippen LogP contribution in [0.3, 0.4) is 0 Å². The number of esters is 2. The number of nitrogens with zero attached hydrogens (tertiary/aromatic N) is 1. The Hall–Kier alpha value is -3.41. The van der Waals surface area contributed by atoms with E-state index in [-0.39, 0.29) is 6.61 Å². The number of rotatable bonds is 5. The maximum absolute atomic E-state index is 11.8. The molecule has 0 fully saturated rings. The first-order valence-electron chi connectivity index (χ1n) is 7.53. The van der Waals surface area contributed by atoms with Crippen LogP contribution in [0.25, 0.3) is 17.2 Å². The number of methoxy groups -OCH3 is 1. The van der Waals surface area contributed by atoms with Crippen LogP contribution < -0.4 is 0 Å². The molecule has 6 nitrogen and oxygen atoms in total. The fourth-order valence-corrected chi connectivity index (χ4v) is 2.21. The van der Waals surface area contributed by atoms with Crippen molar-refractivity contribution in [3.05, 3.63) is 71.6 Å². The molecule has 3 aromatic rings. The molecule has 0 radical (unpaired) electrons. The second-order valence-electron chi connectivity index (χ2n) is 5.15. The van der Waals surface area contributed by atoms with Crippen molar-refractivity contribution < 1.29 is 23.5 Å². The lowest BCUT2D eigenvalue weighted by Gasteiger charge is -2.04. The number of ether oxygens (including phenoxy) is 2. The molecular formula is C19H15NO5. The fraction of sp³-hybridized carbons (Fsp3) is 0.105. The third-order valence-electron chi connectivity index (χ3n) is 3.40. The summed E-state index contributed by atoms with van der Waals surface area (Å²) in [6, 6.07) is 14.0. The SMILES string of the molecule is COC(=O)c1cccc(COC(=O)/C=C/c2nc3ccccc3o2)c1. The number of carbonyl (C=O) groups excluding carboxylic acids is 2. The molecule has 1 aromatic heterocycles. The molecule has 126 valence electrons. The molecule has 0 spiro atoms. The number of para-hydroxylation sites is 2. The van der Waals surface area contributed by atoms with E-state index in [0.717, 1.165) is 5.52 Å². The van der Waals surface area contributed by atoms with Crippen molar-refractivity contribution in [2.75, 3.05) is 7.11 Å². The number of hydrogen-bond donors (Lipinski definition) is 0. The molecule has 0 amide bonds. The van der Waals surface area contributed by atoms with Gasteiger partial charge in [-0.3, -0.25) is 0 Å². The highest BCUT2D eigenvalue weighted by Gasteiger charge is 2.07. The number of benzene rings is 2. The van der Waals surface area contributed by atoms with Gasteiger partial charge < -0.3 is 13.9 Å². The van der Waals surface area contributed by atoms with Gasteiger partial charge in [0.15, 0.2) is 5.58 Å². The average Bonchev–Trinajstić information content (AvgIpc) is 3.07. The van der Waals surface area contributed by atoms with E-state index < -0.39 is 11.9 Å². The van der Waals surface area contributed by atoms with Gasteiger partial charge in [0.05, 0.1) is 12.7 Å². The number of carbonyl (C=O) groups is 2. The van der Waals surface area contributed by atoms with Crippen LogP contribution in [0.4, 0.5) is 0 Å². The standard InChI is InChI=1S/C19H15NO5/c1-23-19(22)14-6-4-5-13(11-14)12-24-18(21)10-9-17-20-15-7-2-3-8-16(15)25-17/h2-11H,12H2,1H3/b10-9+. The Kier molecular flexibility index (Phi) is 4.89. The van der Waals surface area contributed by atoms with Crippen LogP contribution in [0.1, 0.15) is 21.8 Å². The summed E-state index contributed by atoms with van der Waals surface area (Å²) in [4.78, 5) is 27.5. The van der Waals surface area contributed by atoms with Gasteiger partial charge in [-0.25, -0.2) is 14.6 Å². The Morgan fingerprint density at radius 3 is 2.80 bits per heavy atom. The van der Waals surface area contributed by atoms with Crippen LogP contribution in [-0.2, 0) is 20.9 Å². The van der Waals surface area contributed by atoms with Gasteiger partial charge in [0.25, 0.3) is 0 Å². The van der Waals surface area contributed by atoms with Crippen LogP contribution in [0.2, 0.25) is 0 Å². The fourth-order valence-electron chi connectivity index (χ4n) is 2.21. The van der Waals surface area contributed by atoms with Gasteiger partial charge >= 0.3 is 11.9 Å². The molecule has 1 heterocycles. The quantitative estimate of drug-likeness (QED) is 0.525. The largest absolute Gasteiger partial charge is 0.465 e. The molecule has 0 aliphatic rings. The number of oxazole rings is 1. The van der Waals surface area contributed by atoms with Crippen LogP contribution in [0, 0.1) is 0 Å². The zero-order chi connectivity index (χ0) is 17.6. The molecule has 0 bridgehead atoms. The molecule has 0 N–H and O–H groups in total. The van der Waals surface area contributed by atoms with E-state index in [1.165, 1.54) is 19.3 Å². The van der Waals surface area contributed by atoms with Crippen molar-refractivity contribution in [2.24, 2.45) is 0 Å². The highest BCUT2D eigenvalue weighted by atomic mass is 16.5. The third-order valence-corrected chi connectivity index (χ3v) is 3.40. The topological polar surface area (TPSA) is 78.6 Å². The first-order valence-corrected chi connectivity index (χ1v) is 7.53. The second-order valence-corrected chi connectivity index (χ2v) is 5.15. The van der Waals surface area contributed by atoms with E-state index in [1.807, 2.05) is 18.2 Å². The lowest BCUT2D eigenvalue weighted by atomic mass is 10.1. The maximum atomic E-state index is 11.8. The van der Waals surface area contributed by atoms with Crippen LogP contribution in [0.15, 0.2) is 59.0 Å². The molecule has 25 heavy (non-hydrogen) atoms. The highest BCUT2D eigenvalue weighted by Crippen LogP contribution is 2.15. The Balaban J connectivity index is 1.60. The molecule has 0 aliphatic heterocycles. The third kappa shape index (κ3) is 4.11. The molecule has 0 aliphatic carbocycles. The summed E-state index contributed by atoms with van der Waals surface area (Å²) in [5, 5.41) is 0. The van der Waals surface area contributed by atoms with Crippen molar-refractivity contribution in [3.8, 4) is 0 Å². The maximum Gasteiger partial charge on any atom is 0.337 e. The van der Waals surface area contributed by atoms with E-state index in [2.05, 4.69) is 9.72 Å². The number of hydrogen-bond acceptors (Lipinski definition) is 6. The van der Waals surface area contributed by atoms with Crippen LogP contribution in [0.5, 0.6) is 0 Å². The van der Waals surface area contributed by atoms with E-state index in [9.17, 15) is 9.59 Å². The van der Waals surface area contributed by atoms with Crippen molar-refractivity contribution >= 4 is 29.1 Å². The van der Waals surface area contributed by atoms with Crippen LogP contribution in [-0.4, -0.2) is 24.0 Å². The lowest BCUT2D eigenvalue weighted by Crippen LogP contribution is -2.04. The minimum atomic E-state index is -0.536. The lowest BCUT2D eigenvalue weighted by molar-refractivity contribution is -0.138. The molecule has 0 atom stereocenters. The van der Waals surface area contributed by atoms with Crippen molar-refractivity contribution in [2.45, 2.75) is 6.61 Å². The molecule has 0 saturated carbocycles. The van der Waals surface area contributed by atoms with E-state index in [1.54, 1.807) is 30.3 Å². The summed E-state index contributed by atoms with van der Waals surface area (Å²) >= 11 is 0. The summed E-state index contributed by atoms with van der Waals surface area (Å²) in [5.41, 5.74) is 2.45. The predicted molar refractivity (Wildman–Crippen MR) is 90.6 cm³/mol. The van der Waals surface area contributed by atoms with Gasteiger partial charge in [-0.05, 0) is 29.8 Å². The summed E-state index contributed by atoms with van der Waals surface area (Å²) in [7, 11) is 1.31. The van der Waals surface area contributed by atoms with Gasteiger partial charge in [-0.2, -0.15) is 0 Å². The van der Waals surface area contributed by atoms with Gasteiger partial charge in [-0.15, -0.1) is 0 Å². The second kappa shape index (κ2) is 7.44. The van der Waals surface area contributed by atoms with Gasteiger partial charge in [0, 0.05) is 12.2 Å². The first kappa shape index (κ1) is 16.4. The summed E-state index contributed by atoms with van der Waals surface area (Å²) in [6.07, 6.45) is 2.70. The van der Waals surface area contributed by atoms with E-state index >= 15 is 0 Å². The Morgan fingerprint density at radius 1 is 1.16 bits per heavy atom.